The lowest BCUT2D eigenvalue weighted by Gasteiger charge is -2.37. The Bertz CT molecular complexity index is 416. The molecule has 1 aliphatic carbocycles. The monoisotopic (exact) mass is 287 g/mol. The maximum Gasteiger partial charge on any atom is 0.0136 e. The van der Waals surface area contributed by atoms with E-state index in [1.807, 2.05) is 0 Å². The molecule has 3 unspecified atom stereocenters. The van der Waals surface area contributed by atoms with Crippen molar-refractivity contribution in [1.29, 1.82) is 0 Å². The summed E-state index contributed by atoms with van der Waals surface area (Å²) < 4.78 is 0. The van der Waals surface area contributed by atoms with Crippen molar-refractivity contribution in [2.75, 3.05) is 6.54 Å². The standard InChI is InChI=1S/C20H33N/c1-5-10-21-20(14-18-9-7-6-8-17(18)4)19-12-15(2)11-16(3)13-19/h6-9,15-16,19-21H,5,10-14H2,1-4H3. The molecule has 0 radical (unpaired) electrons. The summed E-state index contributed by atoms with van der Waals surface area (Å²) in [5.41, 5.74) is 2.97. The lowest BCUT2D eigenvalue weighted by Crippen LogP contribution is -2.41. The van der Waals surface area contributed by atoms with Gasteiger partial charge >= 0.3 is 0 Å². The largest absolute Gasteiger partial charge is 0.313 e. The van der Waals surface area contributed by atoms with Gasteiger partial charge in [0.15, 0.2) is 0 Å². The second kappa shape index (κ2) is 7.98. The highest BCUT2D eigenvalue weighted by Gasteiger charge is 2.29. The van der Waals surface area contributed by atoms with Gasteiger partial charge in [-0.25, -0.2) is 0 Å². The molecule has 1 aromatic rings. The predicted molar refractivity (Wildman–Crippen MR) is 92.6 cm³/mol. The molecule has 21 heavy (non-hydrogen) atoms. The lowest BCUT2D eigenvalue weighted by molar-refractivity contribution is 0.175. The Morgan fingerprint density at radius 1 is 1.10 bits per heavy atom. The number of rotatable bonds is 6. The quantitative estimate of drug-likeness (QED) is 0.778. The molecule has 0 heterocycles. The maximum absolute atomic E-state index is 3.86. The molecular formula is C20H33N. The van der Waals surface area contributed by atoms with Gasteiger partial charge in [-0.05, 0) is 74.5 Å². The topological polar surface area (TPSA) is 12.0 Å². The molecule has 1 saturated carbocycles. The highest BCUT2D eigenvalue weighted by molar-refractivity contribution is 5.26. The first-order valence-electron chi connectivity index (χ1n) is 8.88. The fourth-order valence-electron chi connectivity index (χ4n) is 4.15. The molecular weight excluding hydrogens is 254 g/mol. The third kappa shape index (κ3) is 4.85. The van der Waals surface area contributed by atoms with Gasteiger partial charge in [0.2, 0.25) is 0 Å². The van der Waals surface area contributed by atoms with Crippen molar-refractivity contribution >= 4 is 0 Å². The summed E-state index contributed by atoms with van der Waals surface area (Å²) in [6.07, 6.45) is 6.63. The molecule has 3 atom stereocenters. The number of hydrogen-bond donors (Lipinski definition) is 1. The summed E-state index contributed by atoms with van der Waals surface area (Å²) in [7, 11) is 0. The van der Waals surface area contributed by atoms with Crippen molar-refractivity contribution < 1.29 is 0 Å². The number of aryl methyl sites for hydroxylation is 1. The summed E-state index contributed by atoms with van der Waals surface area (Å²) in [5.74, 6) is 2.62. The molecule has 2 rings (SSSR count). The molecule has 0 aliphatic heterocycles. The normalized spacial score (nSPS) is 27.5. The molecule has 0 spiro atoms. The summed E-state index contributed by atoms with van der Waals surface area (Å²) in [5, 5.41) is 3.86. The van der Waals surface area contributed by atoms with Gasteiger partial charge in [-0.3, -0.25) is 0 Å². The highest BCUT2D eigenvalue weighted by Crippen LogP contribution is 2.35. The summed E-state index contributed by atoms with van der Waals surface area (Å²) in [4.78, 5) is 0. The van der Waals surface area contributed by atoms with Gasteiger partial charge in [0.1, 0.15) is 0 Å². The van der Waals surface area contributed by atoms with Gasteiger partial charge in [0.05, 0.1) is 0 Å². The van der Waals surface area contributed by atoms with E-state index in [9.17, 15) is 0 Å². The van der Waals surface area contributed by atoms with Crippen molar-refractivity contribution in [2.24, 2.45) is 17.8 Å². The second-order valence-corrected chi connectivity index (χ2v) is 7.37. The van der Waals surface area contributed by atoms with Crippen molar-refractivity contribution in [3.63, 3.8) is 0 Å². The Kier molecular flexibility index (Phi) is 6.29. The minimum atomic E-state index is 0.649. The van der Waals surface area contributed by atoms with E-state index < -0.39 is 0 Å². The van der Waals surface area contributed by atoms with Crippen LogP contribution < -0.4 is 5.32 Å². The van der Waals surface area contributed by atoms with Gasteiger partial charge in [0, 0.05) is 6.04 Å². The van der Waals surface area contributed by atoms with Crippen LogP contribution in [0.2, 0.25) is 0 Å². The number of benzene rings is 1. The van der Waals surface area contributed by atoms with Gasteiger partial charge in [-0.2, -0.15) is 0 Å². The summed E-state index contributed by atoms with van der Waals surface area (Å²) in [6, 6.07) is 9.55. The first kappa shape index (κ1) is 16.5. The van der Waals surface area contributed by atoms with Crippen LogP contribution in [-0.4, -0.2) is 12.6 Å². The van der Waals surface area contributed by atoms with E-state index in [-0.39, 0.29) is 0 Å². The van der Waals surface area contributed by atoms with Crippen LogP contribution in [-0.2, 0) is 6.42 Å². The van der Waals surface area contributed by atoms with Crippen LogP contribution in [0, 0.1) is 24.7 Å². The predicted octanol–water partition coefficient (Wildman–Crippen LogP) is 4.98. The molecule has 118 valence electrons. The van der Waals surface area contributed by atoms with Crippen LogP contribution in [0.25, 0.3) is 0 Å². The molecule has 1 heteroatoms. The van der Waals surface area contributed by atoms with Crippen molar-refractivity contribution in [2.45, 2.75) is 65.8 Å². The van der Waals surface area contributed by atoms with Gasteiger partial charge in [0.25, 0.3) is 0 Å². The fourth-order valence-corrected chi connectivity index (χ4v) is 4.15. The maximum atomic E-state index is 3.86. The summed E-state index contributed by atoms with van der Waals surface area (Å²) >= 11 is 0. The van der Waals surface area contributed by atoms with E-state index in [4.69, 9.17) is 0 Å². The zero-order chi connectivity index (χ0) is 15.2. The SMILES string of the molecule is CCCNC(Cc1ccccc1C)C1CC(C)CC(C)C1. The number of nitrogens with one attached hydrogen (secondary N) is 1. The molecule has 0 aromatic heterocycles. The minimum absolute atomic E-state index is 0.649. The Hall–Kier alpha value is -0.820. The molecule has 0 amide bonds. The van der Waals surface area contributed by atoms with Crippen LogP contribution in [0.15, 0.2) is 24.3 Å². The van der Waals surface area contributed by atoms with Crippen LogP contribution in [0.3, 0.4) is 0 Å². The lowest BCUT2D eigenvalue weighted by atomic mass is 9.72. The van der Waals surface area contributed by atoms with Crippen LogP contribution in [0.5, 0.6) is 0 Å². The van der Waals surface area contributed by atoms with Crippen LogP contribution >= 0.6 is 0 Å². The summed E-state index contributed by atoms with van der Waals surface area (Å²) in [6.45, 7) is 10.5. The highest BCUT2D eigenvalue weighted by atomic mass is 14.9. The van der Waals surface area contributed by atoms with Gasteiger partial charge in [-0.15, -0.1) is 0 Å². The zero-order valence-corrected chi connectivity index (χ0v) is 14.4. The Balaban J connectivity index is 2.08. The minimum Gasteiger partial charge on any atom is -0.313 e. The average Bonchev–Trinajstić information content (AvgIpc) is 2.44. The first-order chi connectivity index (χ1) is 10.1. The third-order valence-corrected chi connectivity index (χ3v) is 5.14. The van der Waals surface area contributed by atoms with Gasteiger partial charge in [-0.1, -0.05) is 45.0 Å². The van der Waals surface area contributed by atoms with E-state index >= 15 is 0 Å². The van der Waals surface area contributed by atoms with Gasteiger partial charge < -0.3 is 5.32 Å². The van der Waals surface area contributed by atoms with Crippen LogP contribution in [0.4, 0.5) is 0 Å². The second-order valence-electron chi connectivity index (χ2n) is 7.37. The van der Waals surface area contributed by atoms with Crippen molar-refractivity contribution in [3.8, 4) is 0 Å². The number of hydrogen-bond acceptors (Lipinski definition) is 1. The first-order valence-corrected chi connectivity index (χ1v) is 8.88. The fraction of sp³-hybridized carbons (Fsp3) is 0.700. The molecule has 1 N–H and O–H groups in total. The van der Waals surface area contributed by atoms with E-state index in [0.717, 1.165) is 24.3 Å². The average molecular weight is 287 g/mol. The molecule has 0 saturated heterocycles. The van der Waals surface area contributed by atoms with E-state index in [0.29, 0.717) is 6.04 Å². The molecule has 1 fully saturated rings. The zero-order valence-electron chi connectivity index (χ0n) is 14.4. The van der Waals surface area contributed by atoms with Crippen LogP contribution in [0.1, 0.15) is 57.6 Å². The molecule has 0 bridgehead atoms. The third-order valence-electron chi connectivity index (χ3n) is 5.14. The van der Waals surface area contributed by atoms with E-state index in [1.165, 1.54) is 43.2 Å². The Labute approximate surface area is 131 Å². The molecule has 1 aliphatic rings. The van der Waals surface area contributed by atoms with Crippen molar-refractivity contribution in [1.82, 2.24) is 5.32 Å². The Morgan fingerprint density at radius 3 is 2.38 bits per heavy atom. The molecule has 1 aromatic carbocycles. The van der Waals surface area contributed by atoms with Crippen molar-refractivity contribution in [3.05, 3.63) is 35.4 Å². The van der Waals surface area contributed by atoms with E-state index in [1.54, 1.807) is 0 Å². The van der Waals surface area contributed by atoms with E-state index in [2.05, 4.69) is 57.3 Å². The smallest absolute Gasteiger partial charge is 0.0136 e. The molecule has 1 nitrogen and oxygen atoms in total. The Morgan fingerprint density at radius 2 is 1.76 bits per heavy atom.